The Morgan fingerprint density at radius 2 is 1.42 bits per heavy atom. The summed E-state index contributed by atoms with van der Waals surface area (Å²) in [5.74, 6) is -0.420. The van der Waals surface area contributed by atoms with Crippen LogP contribution in [0.4, 0.5) is 0 Å². The summed E-state index contributed by atoms with van der Waals surface area (Å²) in [5.41, 5.74) is 6.11. The van der Waals surface area contributed by atoms with Crippen LogP contribution in [0, 0.1) is 0 Å². The van der Waals surface area contributed by atoms with Crippen molar-refractivity contribution < 1.29 is 9.53 Å². The lowest BCUT2D eigenvalue weighted by Crippen LogP contribution is -2.14. The summed E-state index contributed by atoms with van der Waals surface area (Å²) >= 11 is 0. The summed E-state index contributed by atoms with van der Waals surface area (Å²) in [6.45, 7) is 5.44. The number of nitrogens with zero attached hydrogens (tertiary/aromatic N) is 1. The van der Waals surface area contributed by atoms with Crippen LogP contribution in [-0.4, -0.2) is 11.0 Å². The molecule has 1 atom stereocenters. The summed E-state index contributed by atoms with van der Waals surface area (Å²) in [6, 6.07) is 34.3. The van der Waals surface area contributed by atoms with Crippen molar-refractivity contribution in [2.45, 2.75) is 13.0 Å². The van der Waals surface area contributed by atoms with E-state index in [0.717, 1.165) is 44.1 Å². The molecule has 0 aliphatic heterocycles. The number of benzene rings is 4. The van der Waals surface area contributed by atoms with E-state index in [1.807, 2.05) is 84.9 Å². The fraction of sp³-hybridized carbons (Fsp3) is 0.0667. The fourth-order valence-electron chi connectivity index (χ4n) is 4.24. The van der Waals surface area contributed by atoms with Crippen LogP contribution in [0.25, 0.3) is 32.9 Å². The molecule has 0 bridgehead atoms. The van der Waals surface area contributed by atoms with Crippen molar-refractivity contribution in [3.05, 3.63) is 126 Å². The smallest absolute Gasteiger partial charge is 0.334 e. The number of carbonyl (C=O) groups excluding carboxylic acids is 1. The lowest BCUT2D eigenvalue weighted by molar-refractivity contribution is -0.142. The lowest BCUT2D eigenvalue weighted by Gasteiger charge is -2.22. The third-order valence-electron chi connectivity index (χ3n) is 5.76. The minimum absolute atomic E-state index is 0.364. The van der Waals surface area contributed by atoms with Gasteiger partial charge in [-0.1, -0.05) is 97.6 Å². The van der Waals surface area contributed by atoms with E-state index in [9.17, 15) is 4.79 Å². The third kappa shape index (κ3) is 3.90. The monoisotopic (exact) mass is 429 g/mol. The molecule has 0 aliphatic carbocycles. The molecule has 5 aromatic rings. The Bertz CT molecular complexity index is 1470. The summed E-state index contributed by atoms with van der Waals surface area (Å²) in [5, 5.41) is 2.03. The summed E-state index contributed by atoms with van der Waals surface area (Å²) in [7, 11) is 0. The topological polar surface area (TPSA) is 39.2 Å². The van der Waals surface area contributed by atoms with Crippen LogP contribution in [0.2, 0.25) is 0 Å². The van der Waals surface area contributed by atoms with Crippen LogP contribution in [-0.2, 0) is 9.53 Å². The molecule has 1 heterocycles. The molecule has 0 N–H and O–H groups in total. The van der Waals surface area contributed by atoms with E-state index < -0.39 is 12.1 Å². The molecule has 0 saturated carbocycles. The van der Waals surface area contributed by atoms with Gasteiger partial charge in [-0.15, -0.1) is 0 Å². The van der Waals surface area contributed by atoms with Gasteiger partial charge in [0.15, 0.2) is 6.10 Å². The van der Waals surface area contributed by atoms with E-state index in [1.165, 1.54) is 0 Å². The van der Waals surface area contributed by atoms with Gasteiger partial charge in [0.2, 0.25) is 0 Å². The highest BCUT2D eigenvalue weighted by Crippen LogP contribution is 2.40. The minimum atomic E-state index is -0.593. The van der Waals surface area contributed by atoms with Crippen LogP contribution in [0.15, 0.2) is 115 Å². The molecule has 0 amide bonds. The first kappa shape index (κ1) is 20.7. The Labute approximate surface area is 193 Å². The van der Waals surface area contributed by atoms with Crippen molar-refractivity contribution in [3.63, 3.8) is 0 Å². The molecule has 1 unspecified atom stereocenters. The molecule has 0 fully saturated rings. The SMILES string of the molecule is C=C(C)C(=O)OC(c1ccccc1)c1cccc2nc3ccccc3c(-c3ccccc3)c12. The molecule has 3 heteroatoms. The van der Waals surface area contributed by atoms with E-state index in [2.05, 4.69) is 24.8 Å². The normalized spacial score (nSPS) is 11.9. The quantitative estimate of drug-likeness (QED) is 0.168. The number of esters is 1. The van der Waals surface area contributed by atoms with E-state index in [4.69, 9.17) is 9.72 Å². The zero-order valence-electron chi connectivity index (χ0n) is 18.4. The van der Waals surface area contributed by atoms with Gasteiger partial charge in [0.05, 0.1) is 11.0 Å². The van der Waals surface area contributed by atoms with Crippen molar-refractivity contribution in [2.24, 2.45) is 0 Å². The van der Waals surface area contributed by atoms with E-state index in [1.54, 1.807) is 6.92 Å². The van der Waals surface area contributed by atoms with Gasteiger partial charge in [0.25, 0.3) is 0 Å². The third-order valence-corrected chi connectivity index (χ3v) is 5.76. The van der Waals surface area contributed by atoms with Crippen molar-refractivity contribution in [3.8, 4) is 11.1 Å². The number of hydrogen-bond acceptors (Lipinski definition) is 3. The standard InChI is InChI=1S/C30H23NO2/c1-20(2)30(32)33-29(22-14-7-4-8-15-22)24-17-11-19-26-28(24)27(21-12-5-3-6-13-21)23-16-9-10-18-25(23)31-26/h3-19,29H,1H2,2H3. The molecular weight excluding hydrogens is 406 g/mol. The Morgan fingerprint density at radius 3 is 2.15 bits per heavy atom. The summed E-state index contributed by atoms with van der Waals surface area (Å²) in [6.07, 6.45) is -0.593. The predicted octanol–water partition coefficient (Wildman–Crippen LogP) is 7.26. The van der Waals surface area contributed by atoms with Crippen molar-refractivity contribution >= 4 is 27.8 Å². The molecule has 33 heavy (non-hydrogen) atoms. The van der Waals surface area contributed by atoms with Crippen molar-refractivity contribution in [1.29, 1.82) is 0 Å². The first-order chi connectivity index (χ1) is 16.1. The van der Waals surface area contributed by atoms with Gasteiger partial charge in [-0.2, -0.15) is 0 Å². The molecule has 5 rings (SSSR count). The summed E-state index contributed by atoms with van der Waals surface area (Å²) in [4.78, 5) is 17.6. The lowest BCUT2D eigenvalue weighted by atomic mass is 9.90. The number of fused-ring (bicyclic) bond motifs is 2. The molecule has 4 aromatic carbocycles. The molecule has 1 aromatic heterocycles. The minimum Gasteiger partial charge on any atom is -0.449 e. The number of pyridine rings is 1. The zero-order valence-corrected chi connectivity index (χ0v) is 18.4. The summed E-state index contributed by atoms with van der Waals surface area (Å²) < 4.78 is 6.03. The van der Waals surface area contributed by atoms with Crippen LogP contribution in [0.5, 0.6) is 0 Å². The molecule has 3 nitrogen and oxygen atoms in total. The number of rotatable bonds is 5. The van der Waals surface area contributed by atoms with Gasteiger partial charge in [-0.3, -0.25) is 0 Å². The van der Waals surface area contributed by atoms with Gasteiger partial charge in [-0.05, 0) is 30.2 Å². The molecule has 0 saturated heterocycles. The van der Waals surface area contributed by atoms with Crippen LogP contribution in [0.3, 0.4) is 0 Å². The largest absolute Gasteiger partial charge is 0.449 e. The van der Waals surface area contributed by atoms with Gasteiger partial charge in [-0.25, -0.2) is 9.78 Å². The van der Waals surface area contributed by atoms with E-state index >= 15 is 0 Å². The zero-order chi connectivity index (χ0) is 22.8. The maximum Gasteiger partial charge on any atom is 0.334 e. The number of ether oxygens (including phenoxy) is 1. The Hall–Kier alpha value is -4.24. The maximum atomic E-state index is 12.7. The number of carbonyl (C=O) groups is 1. The van der Waals surface area contributed by atoms with Gasteiger partial charge in [0.1, 0.15) is 0 Å². The van der Waals surface area contributed by atoms with Gasteiger partial charge < -0.3 is 4.74 Å². The highest BCUT2D eigenvalue weighted by Gasteiger charge is 2.24. The highest BCUT2D eigenvalue weighted by atomic mass is 16.5. The van der Waals surface area contributed by atoms with E-state index in [-0.39, 0.29) is 0 Å². The average Bonchev–Trinajstić information content (AvgIpc) is 2.86. The number of hydrogen-bond donors (Lipinski definition) is 0. The highest BCUT2D eigenvalue weighted by molar-refractivity contribution is 6.11. The predicted molar refractivity (Wildman–Crippen MR) is 134 cm³/mol. The maximum absolute atomic E-state index is 12.7. The van der Waals surface area contributed by atoms with Crippen molar-refractivity contribution in [1.82, 2.24) is 4.98 Å². The van der Waals surface area contributed by atoms with Gasteiger partial charge >= 0.3 is 5.97 Å². The second kappa shape index (κ2) is 8.71. The van der Waals surface area contributed by atoms with Crippen LogP contribution < -0.4 is 0 Å². The first-order valence-corrected chi connectivity index (χ1v) is 10.9. The first-order valence-electron chi connectivity index (χ1n) is 10.9. The van der Waals surface area contributed by atoms with Crippen LogP contribution in [0.1, 0.15) is 24.2 Å². The molecular formula is C30H23NO2. The Morgan fingerprint density at radius 1 is 0.788 bits per heavy atom. The number of aromatic nitrogens is 1. The average molecular weight is 430 g/mol. The second-order valence-corrected chi connectivity index (χ2v) is 8.09. The fourth-order valence-corrected chi connectivity index (χ4v) is 4.24. The molecule has 0 aliphatic rings. The Balaban J connectivity index is 1.87. The van der Waals surface area contributed by atoms with Gasteiger partial charge in [0, 0.05) is 27.5 Å². The second-order valence-electron chi connectivity index (χ2n) is 8.09. The molecule has 160 valence electrons. The van der Waals surface area contributed by atoms with Crippen molar-refractivity contribution in [2.75, 3.05) is 0 Å². The molecule has 0 radical (unpaired) electrons. The molecule has 0 spiro atoms. The number of para-hydroxylation sites is 1. The Kier molecular flexibility index (Phi) is 5.45. The van der Waals surface area contributed by atoms with Crippen LogP contribution >= 0.6 is 0 Å². The van der Waals surface area contributed by atoms with E-state index in [0.29, 0.717) is 5.57 Å².